The summed E-state index contributed by atoms with van der Waals surface area (Å²) < 4.78 is 25.9. The first-order valence-electron chi connectivity index (χ1n) is 7.16. The minimum absolute atomic E-state index is 0.390. The summed E-state index contributed by atoms with van der Waals surface area (Å²) >= 11 is 0. The minimum atomic E-state index is -3.67. The molecule has 1 aliphatic rings. The van der Waals surface area contributed by atoms with E-state index in [0.717, 1.165) is 18.6 Å². The maximum atomic E-state index is 10.3. The third kappa shape index (κ3) is 9.16. The van der Waals surface area contributed by atoms with Crippen LogP contribution in [0.1, 0.15) is 0 Å². The van der Waals surface area contributed by atoms with Gasteiger partial charge in [0.05, 0.1) is 11.8 Å². The molecule has 3 rings (SSSR count). The normalized spacial score (nSPS) is 17.0. The number of hydrogen-bond donors (Lipinski definition) is 4. The van der Waals surface area contributed by atoms with E-state index < -0.39 is 22.1 Å². The van der Waals surface area contributed by atoms with Gasteiger partial charge in [0.15, 0.2) is 0 Å². The molecule has 1 unspecified atom stereocenters. The molecule has 1 aliphatic heterocycles. The highest BCUT2D eigenvalue weighted by molar-refractivity contribution is 7.85. The third-order valence-corrected chi connectivity index (χ3v) is 2.85. The molecular formula is C15H21N3O5S. The SMILES string of the molecule is CS(=O)(=O)O.O=C(O)C1CNCCN1.c1ccc2ncccc2c1. The zero-order valence-electron chi connectivity index (χ0n) is 13.2. The fraction of sp³-hybridized carbons (Fsp3) is 0.333. The zero-order valence-corrected chi connectivity index (χ0v) is 14.0. The standard InChI is InChI=1S/C9H7N.C5H10N2O2.CH4O3S/c1-2-6-9-8(4-1)5-3-7-10-9;8-5(9)4-3-6-1-2-7-4;1-5(2,3)4/h1-7H;4,6-7H,1-3H2,(H,8,9);1H3,(H,2,3,4). The number of hydrogen-bond acceptors (Lipinski definition) is 6. The highest BCUT2D eigenvalue weighted by Crippen LogP contribution is 2.07. The molecule has 0 bridgehead atoms. The van der Waals surface area contributed by atoms with Gasteiger partial charge in [-0.25, -0.2) is 0 Å². The Labute approximate surface area is 140 Å². The maximum absolute atomic E-state index is 10.3. The van der Waals surface area contributed by atoms with Crippen molar-refractivity contribution in [3.63, 3.8) is 0 Å². The average Bonchev–Trinajstić information content (AvgIpc) is 2.55. The summed E-state index contributed by atoms with van der Waals surface area (Å²) in [5, 5.41) is 15.5. The van der Waals surface area contributed by atoms with Crippen LogP contribution in [0.3, 0.4) is 0 Å². The third-order valence-electron chi connectivity index (χ3n) is 2.85. The lowest BCUT2D eigenvalue weighted by atomic mass is 10.2. The summed E-state index contributed by atoms with van der Waals surface area (Å²) in [6, 6.07) is 11.7. The van der Waals surface area contributed by atoms with E-state index in [1.807, 2.05) is 30.5 Å². The number of carboxylic acid groups (broad SMARTS) is 1. The van der Waals surface area contributed by atoms with Gasteiger partial charge in [-0.1, -0.05) is 24.3 Å². The fourth-order valence-electron chi connectivity index (χ4n) is 1.84. The van der Waals surface area contributed by atoms with Gasteiger partial charge in [0.2, 0.25) is 0 Å². The quantitative estimate of drug-likeness (QED) is 0.540. The number of fused-ring (bicyclic) bond motifs is 1. The van der Waals surface area contributed by atoms with Crippen molar-refractivity contribution in [1.29, 1.82) is 0 Å². The van der Waals surface area contributed by atoms with Crippen molar-refractivity contribution in [2.75, 3.05) is 25.9 Å². The second kappa shape index (κ2) is 9.93. The Balaban J connectivity index is 0.000000192. The van der Waals surface area contributed by atoms with E-state index in [-0.39, 0.29) is 0 Å². The number of para-hydroxylation sites is 1. The van der Waals surface area contributed by atoms with E-state index in [4.69, 9.17) is 9.66 Å². The number of aliphatic carboxylic acids is 1. The highest BCUT2D eigenvalue weighted by Gasteiger charge is 2.18. The zero-order chi connectivity index (χ0) is 18.0. The Hall–Kier alpha value is -2.07. The number of rotatable bonds is 1. The second-order valence-electron chi connectivity index (χ2n) is 4.98. The van der Waals surface area contributed by atoms with Crippen LogP contribution in [0, 0.1) is 0 Å². The van der Waals surface area contributed by atoms with Gasteiger partial charge in [-0.3, -0.25) is 14.3 Å². The molecule has 9 heteroatoms. The van der Waals surface area contributed by atoms with Gasteiger partial charge in [-0.05, 0) is 12.1 Å². The van der Waals surface area contributed by atoms with E-state index in [0.29, 0.717) is 12.8 Å². The number of carboxylic acids is 1. The van der Waals surface area contributed by atoms with Crippen molar-refractivity contribution in [3.05, 3.63) is 42.6 Å². The van der Waals surface area contributed by atoms with Crippen molar-refractivity contribution >= 4 is 27.0 Å². The van der Waals surface area contributed by atoms with Crippen LogP contribution < -0.4 is 10.6 Å². The molecule has 1 atom stereocenters. The van der Waals surface area contributed by atoms with Crippen LogP contribution in [0.5, 0.6) is 0 Å². The monoisotopic (exact) mass is 355 g/mol. The van der Waals surface area contributed by atoms with Gasteiger partial charge in [0.1, 0.15) is 6.04 Å². The minimum Gasteiger partial charge on any atom is -0.480 e. The number of pyridine rings is 1. The lowest BCUT2D eigenvalue weighted by molar-refractivity contribution is -0.139. The fourth-order valence-corrected chi connectivity index (χ4v) is 1.84. The second-order valence-corrected chi connectivity index (χ2v) is 6.44. The topological polar surface area (TPSA) is 129 Å². The van der Waals surface area contributed by atoms with E-state index in [1.54, 1.807) is 0 Å². The molecule has 1 saturated heterocycles. The number of aromatic nitrogens is 1. The van der Waals surface area contributed by atoms with Gasteiger partial charge < -0.3 is 15.7 Å². The molecule has 2 aromatic rings. The van der Waals surface area contributed by atoms with Gasteiger partial charge in [0.25, 0.3) is 10.1 Å². The average molecular weight is 355 g/mol. The molecule has 4 N–H and O–H groups in total. The van der Waals surface area contributed by atoms with Crippen molar-refractivity contribution in [2.24, 2.45) is 0 Å². The Bertz CT molecular complexity index is 672. The van der Waals surface area contributed by atoms with E-state index in [9.17, 15) is 13.2 Å². The molecule has 2 heterocycles. The highest BCUT2D eigenvalue weighted by atomic mass is 32.2. The number of nitrogens with one attached hydrogen (secondary N) is 2. The van der Waals surface area contributed by atoms with Crippen LogP contribution in [0.4, 0.5) is 0 Å². The van der Waals surface area contributed by atoms with Crippen LogP contribution in [0.25, 0.3) is 10.9 Å². The van der Waals surface area contributed by atoms with E-state index in [1.165, 1.54) is 5.39 Å². The number of nitrogens with zero attached hydrogens (tertiary/aromatic N) is 1. The van der Waals surface area contributed by atoms with E-state index >= 15 is 0 Å². The molecule has 0 saturated carbocycles. The number of benzene rings is 1. The lowest BCUT2D eigenvalue weighted by Gasteiger charge is -2.20. The molecule has 0 radical (unpaired) electrons. The molecule has 1 aromatic heterocycles. The first-order chi connectivity index (χ1) is 11.3. The van der Waals surface area contributed by atoms with Gasteiger partial charge in [-0.15, -0.1) is 0 Å². The molecule has 1 aromatic carbocycles. The van der Waals surface area contributed by atoms with Gasteiger partial charge >= 0.3 is 5.97 Å². The Morgan fingerprint density at radius 1 is 1.21 bits per heavy atom. The Morgan fingerprint density at radius 3 is 2.33 bits per heavy atom. The Morgan fingerprint density at radius 2 is 1.83 bits per heavy atom. The van der Waals surface area contributed by atoms with Crippen molar-refractivity contribution in [1.82, 2.24) is 15.6 Å². The summed E-state index contributed by atoms with van der Waals surface area (Å²) in [4.78, 5) is 14.4. The lowest BCUT2D eigenvalue weighted by Crippen LogP contribution is -2.52. The van der Waals surface area contributed by atoms with Crippen LogP contribution >= 0.6 is 0 Å². The molecular weight excluding hydrogens is 334 g/mol. The predicted octanol–water partition coefficient (Wildman–Crippen LogP) is 0.371. The Kier molecular flexibility index (Phi) is 8.27. The summed E-state index contributed by atoms with van der Waals surface area (Å²) in [7, 11) is -3.67. The number of piperazine rings is 1. The molecule has 0 aliphatic carbocycles. The predicted molar refractivity (Wildman–Crippen MR) is 91.5 cm³/mol. The molecule has 8 nitrogen and oxygen atoms in total. The summed E-state index contributed by atoms with van der Waals surface area (Å²) in [5.74, 6) is -0.776. The van der Waals surface area contributed by atoms with Crippen molar-refractivity contribution in [3.8, 4) is 0 Å². The number of carbonyl (C=O) groups is 1. The van der Waals surface area contributed by atoms with E-state index in [2.05, 4.69) is 27.8 Å². The van der Waals surface area contributed by atoms with Crippen LogP contribution in [-0.4, -0.2) is 61.0 Å². The summed E-state index contributed by atoms with van der Waals surface area (Å²) in [6.07, 6.45) is 2.52. The summed E-state index contributed by atoms with van der Waals surface area (Å²) in [5.41, 5.74) is 1.06. The van der Waals surface area contributed by atoms with Crippen molar-refractivity contribution < 1.29 is 22.9 Å². The first-order valence-corrected chi connectivity index (χ1v) is 9.01. The summed E-state index contributed by atoms with van der Waals surface area (Å²) in [6.45, 7) is 2.15. The molecule has 0 amide bonds. The largest absolute Gasteiger partial charge is 0.480 e. The van der Waals surface area contributed by atoms with Crippen LogP contribution in [0.2, 0.25) is 0 Å². The van der Waals surface area contributed by atoms with Crippen molar-refractivity contribution in [2.45, 2.75) is 6.04 Å². The van der Waals surface area contributed by atoms with Gasteiger partial charge in [-0.2, -0.15) is 8.42 Å². The first kappa shape index (κ1) is 20.0. The smallest absolute Gasteiger partial charge is 0.322 e. The molecule has 132 valence electrons. The molecule has 0 spiro atoms. The molecule has 24 heavy (non-hydrogen) atoms. The van der Waals surface area contributed by atoms with Crippen LogP contribution in [-0.2, 0) is 14.9 Å². The van der Waals surface area contributed by atoms with Crippen LogP contribution in [0.15, 0.2) is 42.6 Å². The molecule has 1 fully saturated rings. The van der Waals surface area contributed by atoms with Gasteiger partial charge in [0, 0.05) is 31.2 Å². The maximum Gasteiger partial charge on any atom is 0.322 e.